The van der Waals surface area contributed by atoms with Crippen LogP contribution in [0.15, 0.2) is 24.3 Å². The lowest BCUT2D eigenvalue weighted by Crippen LogP contribution is -2.43. The molecule has 0 radical (unpaired) electrons. The first-order valence-electron chi connectivity index (χ1n) is 7.13. The molecule has 1 fully saturated rings. The number of hydrogen-bond donors (Lipinski definition) is 1. The van der Waals surface area contributed by atoms with Crippen molar-refractivity contribution in [2.24, 2.45) is 5.92 Å². The normalized spacial score (nSPS) is 18.7. The Bertz CT molecular complexity index is 677. The molecule has 2 rings (SSSR count). The standard InChI is InChI=1S/C15H19N3O3S/c1-22(20,21)17-10-13-3-2-8-18(11-13)15(19)14-6-4-12(9-16)5-7-14/h4-7,13,17H,2-3,8,10-11H2,1H3/t13-/m1/s1. The van der Waals surface area contributed by atoms with Crippen molar-refractivity contribution in [3.05, 3.63) is 35.4 Å². The quantitative estimate of drug-likeness (QED) is 0.894. The zero-order chi connectivity index (χ0) is 16.2. The van der Waals surface area contributed by atoms with Crippen molar-refractivity contribution in [1.82, 2.24) is 9.62 Å². The van der Waals surface area contributed by atoms with Crippen molar-refractivity contribution >= 4 is 15.9 Å². The van der Waals surface area contributed by atoms with Crippen LogP contribution in [0.2, 0.25) is 0 Å². The lowest BCUT2D eigenvalue weighted by atomic mass is 9.97. The van der Waals surface area contributed by atoms with Crippen LogP contribution in [0.1, 0.15) is 28.8 Å². The second-order valence-electron chi connectivity index (χ2n) is 5.57. The van der Waals surface area contributed by atoms with Crippen molar-refractivity contribution < 1.29 is 13.2 Å². The van der Waals surface area contributed by atoms with Gasteiger partial charge in [0.15, 0.2) is 0 Å². The molecule has 1 N–H and O–H groups in total. The fraction of sp³-hybridized carbons (Fsp3) is 0.467. The van der Waals surface area contributed by atoms with Gasteiger partial charge in [-0.05, 0) is 43.0 Å². The first kappa shape index (κ1) is 16.5. The summed E-state index contributed by atoms with van der Waals surface area (Å²) in [6.45, 7) is 1.57. The molecule has 7 heteroatoms. The maximum Gasteiger partial charge on any atom is 0.253 e. The summed E-state index contributed by atoms with van der Waals surface area (Å²) in [4.78, 5) is 14.2. The third-order valence-electron chi connectivity index (χ3n) is 3.70. The Morgan fingerprint density at radius 1 is 1.41 bits per heavy atom. The van der Waals surface area contributed by atoms with Crippen LogP contribution < -0.4 is 4.72 Å². The summed E-state index contributed by atoms with van der Waals surface area (Å²) in [5, 5.41) is 8.77. The number of carbonyl (C=O) groups excluding carboxylic acids is 1. The number of piperidine rings is 1. The average molecular weight is 321 g/mol. The Morgan fingerprint density at radius 3 is 2.68 bits per heavy atom. The van der Waals surface area contributed by atoms with Crippen molar-refractivity contribution in [3.8, 4) is 6.07 Å². The Kier molecular flexibility index (Phi) is 5.16. The van der Waals surface area contributed by atoms with E-state index in [9.17, 15) is 13.2 Å². The molecule has 0 aliphatic carbocycles. The molecule has 1 amide bonds. The van der Waals surface area contributed by atoms with E-state index >= 15 is 0 Å². The molecule has 118 valence electrons. The summed E-state index contributed by atoms with van der Waals surface area (Å²) in [5.74, 6) is 0.0550. The van der Waals surface area contributed by atoms with E-state index < -0.39 is 10.0 Å². The predicted octanol–water partition coefficient (Wildman–Crippen LogP) is 0.960. The second kappa shape index (κ2) is 6.90. The summed E-state index contributed by atoms with van der Waals surface area (Å²) >= 11 is 0. The molecule has 1 heterocycles. The number of rotatable bonds is 4. The van der Waals surface area contributed by atoms with Gasteiger partial charge in [0.1, 0.15) is 0 Å². The molecule has 1 aromatic carbocycles. The number of nitriles is 1. The average Bonchev–Trinajstić information content (AvgIpc) is 2.52. The van der Waals surface area contributed by atoms with E-state index in [4.69, 9.17) is 5.26 Å². The lowest BCUT2D eigenvalue weighted by Gasteiger charge is -2.32. The number of nitrogens with one attached hydrogen (secondary N) is 1. The first-order chi connectivity index (χ1) is 10.4. The molecule has 1 saturated heterocycles. The van der Waals surface area contributed by atoms with E-state index in [0.29, 0.717) is 30.8 Å². The van der Waals surface area contributed by atoms with E-state index in [-0.39, 0.29) is 11.8 Å². The second-order valence-corrected chi connectivity index (χ2v) is 7.40. The highest BCUT2D eigenvalue weighted by atomic mass is 32.2. The summed E-state index contributed by atoms with van der Waals surface area (Å²) in [5.41, 5.74) is 1.07. The van der Waals surface area contributed by atoms with Gasteiger partial charge < -0.3 is 4.90 Å². The van der Waals surface area contributed by atoms with Gasteiger partial charge in [0.05, 0.1) is 17.9 Å². The Balaban J connectivity index is 1.99. The van der Waals surface area contributed by atoms with Crippen LogP contribution in [0.4, 0.5) is 0 Å². The minimum absolute atomic E-state index is 0.0754. The summed E-state index contributed by atoms with van der Waals surface area (Å²) < 4.78 is 24.8. The van der Waals surface area contributed by atoms with Crippen LogP contribution in [-0.2, 0) is 10.0 Å². The van der Waals surface area contributed by atoms with Crippen molar-refractivity contribution in [2.45, 2.75) is 12.8 Å². The highest BCUT2D eigenvalue weighted by Crippen LogP contribution is 2.18. The maximum atomic E-state index is 12.5. The van der Waals surface area contributed by atoms with E-state index in [0.717, 1.165) is 19.1 Å². The van der Waals surface area contributed by atoms with Crippen molar-refractivity contribution in [3.63, 3.8) is 0 Å². The Labute approximate surface area is 130 Å². The van der Waals surface area contributed by atoms with Crippen molar-refractivity contribution in [2.75, 3.05) is 25.9 Å². The van der Waals surface area contributed by atoms with E-state index in [1.807, 2.05) is 6.07 Å². The molecule has 1 atom stereocenters. The van der Waals surface area contributed by atoms with Crippen molar-refractivity contribution in [1.29, 1.82) is 5.26 Å². The van der Waals surface area contributed by atoms with Gasteiger partial charge in [-0.1, -0.05) is 0 Å². The number of carbonyl (C=O) groups is 1. The molecule has 6 nitrogen and oxygen atoms in total. The Hall–Kier alpha value is -1.91. The molecule has 1 aliphatic rings. The molecule has 0 saturated carbocycles. The summed E-state index contributed by atoms with van der Waals surface area (Å²) in [7, 11) is -3.21. The van der Waals surface area contributed by atoms with Gasteiger partial charge in [-0.2, -0.15) is 5.26 Å². The van der Waals surface area contributed by atoms with Gasteiger partial charge in [0.2, 0.25) is 10.0 Å². The third-order valence-corrected chi connectivity index (χ3v) is 4.39. The number of hydrogen-bond acceptors (Lipinski definition) is 4. The molecule has 1 aromatic rings. The van der Waals surface area contributed by atoms with Gasteiger partial charge >= 0.3 is 0 Å². The topological polar surface area (TPSA) is 90.3 Å². The minimum atomic E-state index is -3.21. The smallest absolute Gasteiger partial charge is 0.253 e. The van der Waals surface area contributed by atoms with Gasteiger partial charge in [0, 0.05) is 25.2 Å². The van der Waals surface area contributed by atoms with Gasteiger partial charge in [-0.3, -0.25) is 4.79 Å². The molecule has 22 heavy (non-hydrogen) atoms. The fourth-order valence-corrected chi connectivity index (χ4v) is 3.09. The molecular formula is C15H19N3O3S. The van der Waals surface area contributed by atoms with Gasteiger partial charge in [0.25, 0.3) is 5.91 Å². The number of amides is 1. The maximum absolute atomic E-state index is 12.5. The summed E-state index contributed by atoms with van der Waals surface area (Å²) in [6.07, 6.45) is 2.90. The Morgan fingerprint density at radius 2 is 2.09 bits per heavy atom. The number of nitrogens with zero attached hydrogens (tertiary/aromatic N) is 2. The van der Waals surface area contributed by atoms with Crippen LogP contribution in [0.3, 0.4) is 0 Å². The molecule has 0 bridgehead atoms. The first-order valence-corrected chi connectivity index (χ1v) is 9.02. The van der Waals surface area contributed by atoms with Gasteiger partial charge in [-0.25, -0.2) is 13.1 Å². The van der Waals surface area contributed by atoms with E-state index in [1.54, 1.807) is 29.2 Å². The van der Waals surface area contributed by atoms with Crippen LogP contribution in [0.5, 0.6) is 0 Å². The largest absolute Gasteiger partial charge is 0.338 e. The molecule has 0 spiro atoms. The zero-order valence-corrected chi connectivity index (χ0v) is 13.3. The van der Waals surface area contributed by atoms with E-state index in [1.165, 1.54) is 0 Å². The monoisotopic (exact) mass is 321 g/mol. The number of benzene rings is 1. The van der Waals surface area contributed by atoms with Crippen LogP contribution in [0, 0.1) is 17.2 Å². The lowest BCUT2D eigenvalue weighted by molar-refractivity contribution is 0.0676. The molecular weight excluding hydrogens is 302 g/mol. The number of likely N-dealkylation sites (tertiary alicyclic amines) is 1. The highest BCUT2D eigenvalue weighted by Gasteiger charge is 2.24. The molecule has 1 aliphatic heterocycles. The fourth-order valence-electron chi connectivity index (χ4n) is 2.56. The third kappa shape index (κ3) is 4.55. The SMILES string of the molecule is CS(=O)(=O)NC[C@H]1CCCN(C(=O)c2ccc(C#N)cc2)C1. The number of sulfonamides is 1. The van der Waals surface area contributed by atoms with Crippen LogP contribution in [-0.4, -0.2) is 45.1 Å². The highest BCUT2D eigenvalue weighted by molar-refractivity contribution is 7.88. The van der Waals surface area contributed by atoms with Gasteiger partial charge in [-0.15, -0.1) is 0 Å². The van der Waals surface area contributed by atoms with Crippen LogP contribution in [0.25, 0.3) is 0 Å². The molecule has 0 aromatic heterocycles. The summed E-state index contributed by atoms with van der Waals surface area (Å²) in [6, 6.07) is 8.57. The van der Waals surface area contributed by atoms with E-state index in [2.05, 4.69) is 4.72 Å². The minimum Gasteiger partial charge on any atom is -0.338 e. The zero-order valence-electron chi connectivity index (χ0n) is 12.4. The van der Waals surface area contributed by atoms with Crippen LogP contribution >= 0.6 is 0 Å². The molecule has 0 unspecified atom stereocenters. The predicted molar refractivity (Wildman–Crippen MR) is 82.6 cm³/mol.